The number of rotatable bonds is 6. The topological polar surface area (TPSA) is 54.2 Å². The van der Waals surface area contributed by atoms with Crippen LogP contribution >= 0.6 is 24.0 Å². The second kappa shape index (κ2) is 10.1. The van der Waals surface area contributed by atoms with Gasteiger partial charge < -0.3 is 10.6 Å². The molecule has 1 unspecified atom stereocenters. The fraction of sp³-hybridized carbons (Fsp3) is 0.750. The number of halogens is 1. The van der Waals surface area contributed by atoms with Crippen LogP contribution in [-0.2, 0) is 13.6 Å². The van der Waals surface area contributed by atoms with Crippen molar-refractivity contribution in [2.75, 3.05) is 6.54 Å². The molecule has 1 atom stereocenters. The van der Waals surface area contributed by atoms with Crippen molar-refractivity contribution in [2.24, 2.45) is 17.5 Å². The van der Waals surface area contributed by atoms with E-state index in [1.165, 1.54) is 6.42 Å². The fourth-order valence-electron chi connectivity index (χ4n) is 2.00. The van der Waals surface area contributed by atoms with Crippen LogP contribution in [0.2, 0.25) is 0 Å². The van der Waals surface area contributed by atoms with Gasteiger partial charge in [0.15, 0.2) is 5.96 Å². The Hall–Kier alpha value is -0.790. The zero-order valence-corrected chi connectivity index (χ0v) is 17.1. The molecule has 5 nitrogen and oxygen atoms in total. The molecule has 0 aromatic carbocycles. The number of nitrogens with one attached hydrogen (secondary N) is 2. The Morgan fingerprint density at radius 3 is 2.59 bits per heavy atom. The molecule has 0 aliphatic rings. The van der Waals surface area contributed by atoms with E-state index in [2.05, 4.69) is 55.3 Å². The summed E-state index contributed by atoms with van der Waals surface area (Å²) in [4.78, 5) is 4.62. The first-order chi connectivity index (χ1) is 9.80. The van der Waals surface area contributed by atoms with Gasteiger partial charge in [0.25, 0.3) is 0 Å². The van der Waals surface area contributed by atoms with Crippen molar-refractivity contribution in [1.82, 2.24) is 20.4 Å². The van der Waals surface area contributed by atoms with E-state index in [1.807, 2.05) is 19.4 Å². The molecule has 0 aliphatic carbocycles. The summed E-state index contributed by atoms with van der Waals surface area (Å²) in [5, 5.41) is 10.9. The summed E-state index contributed by atoms with van der Waals surface area (Å²) >= 11 is 0. The lowest BCUT2D eigenvalue weighted by Crippen LogP contribution is -2.42. The van der Waals surface area contributed by atoms with Crippen LogP contribution in [0.1, 0.15) is 53.0 Å². The van der Waals surface area contributed by atoms with Crippen LogP contribution in [0.25, 0.3) is 0 Å². The highest BCUT2D eigenvalue weighted by Gasteiger charge is 2.13. The van der Waals surface area contributed by atoms with E-state index in [1.54, 1.807) is 4.68 Å². The normalized spacial score (nSPS) is 13.5. The summed E-state index contributed by atoms with van der Waals surface area (Å²) in [5.41, 5.74) is 1.50. The molecular weight excluding hydrogens is 389 g/mol. The quantitative estimate of drug-likeness (QED) is 0.421. The van der Waals surface area contributed by atoms with Crippen molar-refractivity contribution < 1.29 is 0 Å². The molecule has 1 aromatic rings. The lowest BCUT2D eigenvalue weighted by Gasteiger charge is -2.23. The van der Waals surface area contributed by atoms with Crippen LogP contribution in [-0.4, -0.2) is 28.3 Å². The monoisotopic (exact) mass is 421 g/mol. The van der Waals surface area contributed by atoms with E-state index < -0.39 is 0 Å². The molecule has 0 aliphatic heterocycles. The third-order valence-corrected chi connectivity index (χ3v) is 3.23. The van der Waals surface area contributed by atoms with Crippen LogP contribution in [0.3, 0.4) is 0 Å². The maximum Gasteiger partial charge on any atom is 0.191 e. The number of guanidine groups is 1. The number of aryl methyl sites for hydroxylation is 1. The molecule has 0 fully saturated rings. The van der Waals surface area contributed by atoms with Crippen LogP contribution in [0.4, 0.5) is 0 Å². The van der Waals surface area contributed by atoms with Gasteiger partial charge in [-0.15, -0.1) is 24.0 Å². The van der Waals surface area contributed by atoms with E-state index >= 15 is 0 Å². The van der Waals surface area contributed by atoms with E-state index in [4.69, 9.17) is 0 Å². The van der Waals surface area contributed by atoms with Crippen LogP contribution in [0, 0.1) is 5.41 Å². The first-order valence-corrected chi connectivity index (χ1v) is 7.82. The fourth-order valence-corrected chi connectivity index (χ4v) is 2.00. The SMILES string of the molecule is CCNC(=NCc1cnn(C)c1)NC(C)CCC(C)(C)C.I. The van der Waals surface area contributed by atoms with Gasteiger partial charge >= 0.3 is 0 Å². The molecule has 2 N–H and O–H groups in total. The van der Waals surface area contributed by atoms with E-state index in [-0.39, 0.29) is 24.0 Å². The van der Waals surface area contributed by atoms with Crippen molar-refractivity contribution in [3.63, 3.8) is 0 Å². The maximum atomic E-state index is 4.62. The molecule has 0 spiro atoms. The summed E-state index contributed by atoms with van der Waals surface area (Å²) in [6, 6.07) is 0.413. The van der Waals surface area contributed by atoms with Crippen LogP contribution in [0.5, 0.6) is 0 Å². The third kappa shape index (κ3) is 9.27. The highest BCUT2D eigenvalue weighted by molar-refractivity contribution is 14.0. The third-order valence-electron chi connectivity index (χ3n) is 3.23. The zero-order chi connectivity index (χ0) is 15.9. The van der Waals surface area contributed by atoms with Crippen LogP contribution < -0.4 is 10.6 Å². The molecule has 0 saturated carbocycles. The Balaban J connectivity index is 0.00000441. The molecule has 6 heteroatoms. The second-order valence-electron chi connectivity index (χ2n) is 6.86. The smallest absolute Gasteiger partial charge is 0.191 e. The van der Waals surface area contributed by atoms with Crippen LogP contribution in [0.15, 0.2) is 17.4 Å². The minimum Gasteiger partial charge on any atom is -0.357 e. The van der Waals surface area contributed by atoms with Crippen molar-refractivity contribution in [2.45, 2.75) is 60.0 Å². The van der Waals surface area contributed by atoms with Gasteiger partial charge in [-0.2, -0.15) is 5.10 Å². The van der Waals surface area contributed by atoms with Crippen molar-refractivity contribution in [3.8, 4) is 0 Å². The van der Waals surface area contributed by atoms with Gasteiger partial charge in [-0.3, -0.25) is 4.68 Å². The minimum atomic E-state index is 0. The minimum absolute atomic E-state index is 0. The Kier molecular flexibility index (Phi) is 9.71. The summed E-state index contributed by atoms with van der Waals surface area (Å²) in [6.07, 6.45) is 6.19. The largest absolute Gasteiger partial charge is 0.357 e. The number of nitrogens with zero attached hydrogens (tertiary/aromatic N) is 3. The van der Waals surface area contributed by atoms with E-state index in [0.29, 0.717) is 18.0 Å². The summed E-state index contributed by atoms with van der Waals surface area (Å²) in [7, 11) is 1.92. The Morgan fingerprint density at radius 2 is 2.09 bits per heavy atom. The zero-order valence-electron chi connectivity index (χ0n) is 14.8. The number of aromatic nitrogens is 2. The standard InChI is InChI=1S/C16H31N5.HI/c1-7-17-15(18-10-14-11-19-21(6)12-14)20-13(2)8-9-16(3,4)5;/h11-13H,7-10H2,1-6H3,(H2,17,18,20);1H. The number of hydrogen-bond donors (Lipinski definition) is 2. The number of hydrogen-bond acceptors (Lipinski definition) is 2. The van der Waals surface area contributed by atoms with Crippen molar-refractivity contribution in [1.29, 1.82) is 0 Å². The van der Waals surface area contributed by atoms with Gasteiger partial charge in [0.05, 0.1) is 12.7 Å². The lowest BCUT2D eigenvalue weighted by atomic mass is 9.89. The van der Waals surface area contributed by atoms with Gasteiger partial charge in [0, 0.05) is 31.4 Å². The molecule has 0 bridgehead atoms. The highest BCUT2D eigenvalue weighted by Crippen LogP contribution is 2.21. The lowest BCUT2D eigenvalue weighted by molar-refractivity contribution is 0.346. The Bertz CT molecular complexity index is 448. The average Bonchev–Trinajstić information content (AvgIpc) is 2.79. The molecule has 22 heavy (non-hydrogen) atoms. The second-order valence-corrected chi connectivity index (χ2v) is 6.86. The number of aliphatic imine (C=N–C) groups is 1. The van der Waals surface area contributed by atoms with Gasteiger partial charge in [-0.25, -0.2) is 4.99 Å². The molecule has 0 radical (unpaired) electrons. The van der Waals surface area contributed by atoms with Crippen molar-refractivity contribution >= 4 is 29.9 Å². The molecular formula is C16H32IN5. The predicted octanol–water partition coefficient (Wildman–Crippen LogP) is 3.31. The molecule has 0 amide bonds. The average molecular weight is 421 g/mol. The molecule has 128 valence electrons. The van der Waals surface area contributed by atoms with Gasteiger partial charge in [-0.05, 0) is 32.1 Å². The molecule has 0 saturated heterocycles. The van der Waals surface area contributed by atoms with Crippen molar-refractivity contribution in [3.05, 3.63) is 18.0 Å². The molecule has 1 rings (SSSR count). The molecule has 1 heterocycles. The Labute approximate surface area is 152 Å². The van der Waals surface area contributed by atoms with E-state index in [0.717, 1.165) is 24.5 Å². The predicted molar refractivity (Wildman–Crippen MR) is 105 cm³/mol. The first kappa shape index (κ1) is 21.2. The molecule has 1 aromatic heterocycles. The Morgan fingerprint density at radius 1 is 1.41 bits per heavy atom. The van der Waals surface area contributed by atoms with Gasteiger partial charge in [0.1, 0.15) is 0 Å². The van der Waals surface area contributed by atoms with E-state index in [9.17, 15) is 0 Å². The van der Waals surface area contributed by atoms with Gasteiger partial charge in [0.2, 0.25) is 0 Å². The first-order valence-electron chi connectivity index (χ1n) is 7.82. The maximum absolute atomic E-state index is 4.62. The summed E-state index contributed by atoms with van der Waals surface area (Å²) in [5.74, 6) is 0.878. The highest BCUT2D eigenvalue weighted by atomic mass is 127. The summed E-state index contributed by atoms with van der Waals surface area (Å²) < 4.78 is 1.80. The van der Waals surface area contributed by atoms with Gasteiger partial charge in [-0.1, -0.05) is 20.8 Å². The summed E-state index contributed by atoms with van der Waals surface area (Å²) in [6.45, 7) is 12.6.